The number of nitrogens with one attached hydrogen (secondary N) is 1. The number of benzene rings is 1. The molecule has 3 rings (SSSR count). The number of aryl methyl sites for hydroxylation is 1. The minimum Gasteiger partial charge on any atom is -0.360 e. The first-order valence-electron chi connectivity index (χ1n) is 8.47. The van der Waals surface area contributed by atoms with Gasteiger partial charge in [-0.1, -0.05) is 33.2 Å². The van der Waals surface area contributed by atoms with Crippen LogP contribution >= 0.6 is 15.9 Å². The van der Waals surface area contributed by atoms with E-state index in [1.165, 1.54) is 0 Å². The average Bonchev–Trinajstić information content (AvgIpc) is 3.02. The summed E-state index contributed by atoms with van der Waals surface area (Å²) in [5, 5.41) is 6.46. The summed E-state index contributed by atoms with van der Waals surface area (Å²) in [6, 6.07) is 9.46. The Labute approximate surface area is 160 Å². The van der Waals surface area contributed by atoms with E-state index in [1.54, 1.807) is 13.0 Å². The van der Waals surface area contributed by atoms with Crippen molar-refractivity contribution >= 4 is 33.6 Å². The fourth-order valence-corrected chi connectivity index (χ4v) is 3.12. The molecule has 0 spiro atoms. The Kier molecular flexibility index (Phi) is 6.05. The van der Waals surface area contributed by atoms with Crippen LogP contribution in [0.1, 0.15) is 11.3 Å². The zero-order valence-corrected chi connectivity index (χ0v) is 16.2. The van der Waals surface area contributed by atoms with E-state index in [0.717, 1.165) is 10.0 Å². The Balaban J connectivity index is 1.42. The van der Waals surface area contributed by atoms with Crippen molar-refractivity contribution in [2.45, 2.75) is 13.3 Å². The Bertz CT molecular complexity index is 767. The number of halogens is 1. The summed E-state index contributed by atoms with van der Waals surface area (Å²) in [4.78, 5) is 28.4. The van der Waals surface area contributed by atoms with Gasteiger partial charge in [-0.3, -0.25) is 14.5 Å². The van der Waals surface area contributed by atoms with Crippen LogP contribution in [0.5, 0.6) is 0 Å². The van der Waals surface area contributed by atoms with Crippen molar-refractivity contribution in [3.8, 4) is 0 Å². The Morgan fingerprint density at radius 2 is 1.88 bits per heavy atom. The molecule has 8 heteroatoms. The van der Waals surface area contributed by atoms with Gasteiger partial charge >= 0.3 is 0 Å². The standard InChI is InChI=1S/C18H21BrN4O3/c1-13-10-16(21-26-13)20-17(24)12-22-6-8-23(9-7-22)18(25)11-14-2-4-15(19)5-3-14/h2-5,10H,6-9,11-12H2,1H3,(H,20,21,24). The lowest BCUT2D eigenvalue weighted by Crippen LogP contribution is -2.50. The third-order valence-electron chi connectivity index (χ3n) is 4.26. The van der Waals surface area contributed by atoms with Crippen molar-refractivity contribution in [2.24, 2.45) is 0 Å². The molecule has 1 saturated heterocycles. The highest BCUT2D eigenvalue weighted by Gasteiger charge is 2.22. The lowest BCUT2D eigenvalue weighted by Gasteiger charge is -2.34. The average molecular weight is 421 g/mol. The van der Waals surface area contributed by atoms with Gasteiger partial charge in [0.15, 0.2) is 5.82 Å². The minimum absolute atomic E-state index is 0.120. The molecule has 1 N–H and O–H groups in total. The van der Waals surface area contributed by atoms with Gasteiger partial charge in [0.1, 0.15) is 5.76 Å². The van der Waals surface area contributed by atoms with Crippen molar-refractivity contribution in [1.82, 2.24) is 15.0 Å². The first kappa shape index (κ1) is 18.6. The summed E-state index contributed by atoms with van der Waals surface area (Å²) in [5.74, 6) is 1.07. The fraction of sp³-hybridized carbons (Fsp3) is 0.389. The number of carbonyl (C=O) groups is 2. The van der Waals surface area contributed by atoms with Gasteiger partial charge in [-0.25, -0.2) is 0 Å². The van der Waals surface area contributed by atoms with Crippen LogP contribution in [-0.4, -0.2) is 59.5 Å². The molecule has 0 aliphatic carbocycles. The molecule has 0 unspecified atom stereocenters. The first-order valence-corrected chi connectivity index (χ1v) is 9.26. The Morgan fingerprint density at radius 3 is 2.50 bits per heavy atom. The summed E-state index contributed by atoms with van der Waals surface area (Å²) in [5.41, 5.74) is 1.00. The molecule has 7 nitrogen and oxygen atoms in total. The number of aromatic nitrogens is 1. The molecule has 1 aromatic heterocycles. The molecule has 2 heterocycles. The van der Waals surface area contributed by atoms with Crippen molar-refractivity contribution in [3.05, 3.63) is 46.1 Å². The highest BCUT2D eigenvalue weighted by molar-refractivity contribution is 9.10. The lowest BCUT2D eigenvalue weighted by molar-refractivity contribution is -0.132. The number of hydrogen-bond donors (Lipinski definition) is 1. The SMILES string of the molecule is Cc1cc(NC(=O)CN2CCN(C(=O)Cc3ccc(Br)cc3)CC2)no1. The quantitative estimate of drug-likeness (QED) is 0.800. The maximum Gasteiger partial charge on any atom is 0.239 e. The zero-order valence-electron chi connectivity index (χ0n) is 14.6. The summed E-state index contributed by atoms with van der Waals surface area (Å²) in [6.45, 7) is 4.67. The normalized spacial score (nSPS) is 15.1. The van der Waals surface area contributed by atoms with E-state index in [9.17, 15) is 9.59 Å². The van der Waals surface area contributed by atoms with Gasteiger partial charge < -0.3 is 14.7 Å². The monoisotopic (exact) mass is 420 g/mol. The zero-order chi connectivity index (χ0) is 18.5. The van der Waals surface area contributed by atoms with E-state index in [-0.39, 0.29) is 18.4 Å². The van der Waals surface area contributed by atoms with Gasteiger partial charge in [0.2, 0.25) is 11.8 Å². The molecule has 2 amide bonds. The van der Waals surface area contributed by atoms with Crippen molar-refractivity contribution in [2.75, 3.05) is 38.0 Å². The van der Waals surface area contributed by atoms with Crippen LogP contribution in [0.3, 0.4) is 0 Å². The number of carbonyl (C=O) groups excluding carboxylic acids is 2. The van der Waals surface area contributed by atoms with Gasteiger partial charge in [0.05, 0.1) is 13.0 Å². The molecule has 1 aliphatic rings. The number of hydrogen-bond acceptors (Lipinski definition) is 5. The van der Waals surface area contributed by atoms with Crippen molar-refractivity contribution in [1.29, 1.82) is 0 Å². The minimum atomic E-state index is -0.132. The van der Waals surface area contributed by atoms with E-state index in [2.05, 4.69) is 26.4 Å². The van der Waals surface area contributed by atoms with E-state index < -0.39 is 0 Å². The van der Waals surface area contributed by atoms with Crippen molar-refractivity contribution < 1.29 is 14.1 Å². The second-order valence-corrected chi connectivity index (χ2v) is 7.25. The van der Waals surface area contributed by atoms with Crippen LogP contribution in [0, 0.1) is 6.92 Å². The third kappa shape index (κ3) is 5.15. The van der Waals surface area contributed by atoms with Gasteiger partial charge in [-0.15, -0.1) is 0 Å². The van der Waals surface area contributed by atoms with E-state index in [1.807, 2.05) is 34.1 Å². The first-order chi connectivity index (χ1) is 12.5. The molecule has 1 fully saturated rings. The number of amides is 2. The van der Waals surface area contributed by atoms with Gasteiger partial charge in [-0.05, 0) is 24.6 Å². The summed E-state index contributed by atoms with van der Waals surface area (Å²) < 4.78 is 5.93. The maximum absolute atomic E-state index is 12.4. The van der Waals surface area contributed by atoms with Crippen LogP contribution in [0.4, 0.5) is 5.82 Å². The second kappa shape index (κ2) is 8.46. The number of piperazine rings is 1. The maximum atomic E-state index is 12.4. The largest absolute Gasteiger partial charge is 0.360 e. The molecule has 138 valence electrons. The summed E-state index contributed by atoms with van der Waals surface area (Å²) in [7, 11) is 0. The van der Waals surface area contributed by atoms with Gasteiger partial charge in [0.25, 0.3) is 0 Å². The molecule has 0 saturated carbocycles. The molecule has 26 heavy (non-hydrogen) atoms. The predicted octanol–water partition coefficient (Wildman–Crippen LogP) is 2.07. The van der Waals surface area contributed by atoms with Crippen LogP contribution in [0.25, 0.3) is 0 Å². The van der Waals surface area contributed by atoms with Crippen LogP contribution in [0.15, 0.2) is 39.3 Å². The number of nitrogens with zero attached hydrogens (tertiary/aromatic N) is 3. The topological polar surface area (TPSA) is 78.7 Å². The fourth-order valence-electron chi connectivity index (χ4n) is 2.85. The van der Waals surface area contributed by atoms with E-state index in [4.69, 9.17) is 4.52 Å². The molecule has 0 atom stereocenters. The molecule has 0 radical (unpaired) electrons. The Hall–Kier alpha value is -2.19. The van der Waals surface area contributed by atoms with Crippen LogP contribution in [0.2, 0.25) is 0 Å². The second-order valence-electron chi connectivity index (χ2n) is 6.33. The van der Waals surface area contributed by atoms with E-state index in [0.29, 0.717) is 44.2 Å². The molecular formula is C18H21BrN4O3. The number of rotatable bonds is 5. The Morgan fingerprint density at radius 1 is 1.19 bits per heavy atom. The molecule has 0 bridgehead atoms. The van der Waals surface area contributed by atoms with Crippen LogP contribution < -0.4 is 5.32 Å². The number of anilines is 1. The molecule has 2 aromatic rings. The predicted molar refractivity (Wildman–Crippen MR) is 101 cm³/mol. The van der Waals surface area contributed by atoms with Gasteiger partial charge in [-0.2, -0.15) is 0 Å². The third-order valence-corrected chi connectivity index (χ3v) is 4.78. The van der Waals surface area contributed by atoms with Gasteiger partial charge in [0, 0.05) is 36.7 Å². The molecule has 1 aromatic carbocycles. The molecule has 1 aliphatic heterocycles. The summed E-state index contributed by atoms with van der Waals surface area (Å²) >= 11 is 3.39. The smallest absolute Gasteiger partial charge is 0.239 e. The highest BCUT2D eigenvalue weighted by Crippen LogP contribution is 2.13. The lowest BCUT2D eigenvalue weighted by atomic mass is 10.1. The molecular weight excluding hydrogens is 400 g/mol. The van der Waals surface area contributed by atoms with E-state index >= 15 is 0 Å². The van der Waals surface area contributed by atoms with Crippen molar-refractivity contribution in [3.63, 3.8) is 0 Å². The highest BCUT2D eigenvalue weighted by atomic mass is 79.9. The summed E-state index contributed by atoms with van der Waals surface area (Å²) in [6.07, 6.45) is 0.402. The van der Waals surface area contributed by atoms with Crippen LogP contribution in [-0.2, 0) is 16.0 Å².